The standard InChI is InChI=1S/C16H22N2O5S/c1-3-5-8-17-15(19)10-18-11-16(20)23-14-9-12(6-7-13(14)18)24(21,22)4-2/h6-7,9H,3-5,8,10-11H2,1-2H3,(H,17,19). The van der Waals surface area contributed by atoms with Crippen LogP contribution in [0.4, 0.5) is 5.69 Å². The van der Waals surface area contributed by atoms with Crippen molar-refractivity contribution in [3.63, 3.8) is 0 Å². The third-order valence-corrected chi connectivity index (χ3v) is 5.47. The van der Waals surface area contributed by atoms with Crippen molar-refractivity contribution < 1.29 is 22.7 Å². The molecule has 1 N–H and O–H groups in total. The molecule has 2 rings (SSSR count). The van der Waals surface area contributed by atoms with Crippen molar-refractivity contribution in [1.29, 1.82) is 0 Å². The van der Waals surface area contributed by atoms with Crippen molar-refractivity contribution in [2.45, 2.75) is 31.6 Å². The van der Waals surface area contributed by atoms with Gasteiger partial charge in [-0.15, -0.1) is 0 Å². The number of esters is 1. The number of ether oxygens (including phenoxy) is 1. The summed E-state index contributed by atoms with van der Waals surface area (Å²) in [5.74, 6) is -0.574. The van der Waals surface area contributed by atoms with Gasteiger partial charge in [-0.25, -0.2) is 13.2 Å². The normalized spacial score (nSPS) is 14.1. The zero-order valence-corrected chi connectivity index (χ0v) is 14.7. The van der Waals surface area contributed by atoms with Gasteiger partial charge in [-0.05, 0) is 18.6 Å². The molecule has 1 heterocycles. The van der Waals surface area contributed by atoms with Crippen molar-refractivity contribution in [3.8, 4) is 5.75 Å². The van der Waals surface area contributed by atoms with E-state index in [4.69, 9.17) is 4.74 Å². The fraction of sp³-hybridized carbons (Fsp3) is 0.500. The van der Waals surface area contributed by atoms with Gasteiger partial charge in [0.2, 0.25) is 5.91 Å². The zero-order valence-electron chi connectivity index (χ0n) is 13.9. The van der Waals surface area contributed by atoms with E-state index in [0.717, 1.165) is 12.8 Å². The predicted octanol–water partition coefficient (Wildman–Crippen LogP) is 1.12. The molecule has 24 heavy (non-hydrogen) atoms. The highest BCUT2D eigenvalue weighted by atomic mass is 32.2. The number of carbonyl (C=O) groups excluding carboxylic acids is 2. The SMILES string of the molecule is CCCCNC(=O)CN1CC(=O)Oc2cc(S(=O)(=O)CC)ccc21. The number of nitrogens with zero attached hydrogens (tertiary/aromatic N) is 1. The number of hydrogen-bond acceptors (Lipinski definition) is 6. The summed E-state index contributed by atoms with van der Waals surface area (Å²) in [5.41, 5.74) is 0.537. The second kappa shape index (κ2) is 7.65. The monoisotopic (exact) mass is 354 g/mol. The number of benzene rings is 1. The minimum atomic E-state index is -3.39. The van der Waals surface area contributed by atoms with Gasteiger partial charge in [0, 0.05) is 12.6 Å². The van der Waals surface area contributed by atoms with E-state index in [9.17, 15) is 18.0 Å². The van der Waals surface area contributed by atoms with Crippen LogP contribution in [0.1, 0.15) is 26.7 Å². The first-order valence-electron chi connectivity index (χ1n) is 7.96. The quantitative estimate of drug-likeness (QED) is 0.448. The smallest absolute Gasteiger partial charge is 0.331 e. The van der Waals surface area contributed by atoms with Crippen molar-refractivity contribution in [3.05, 3.63) is 18.2 Å². The summed E-state index contributed by atoms with van der Waals surface area (Å²) in [4.78, 5) is 25.4. The molecule has 8 heteroatoms. The summed E-state index contributed by atoms with van der Waals surface area (Å²) < 4.78 is 29.1. The van der Waals surface area contributed by atoms with E-state index in [-0.39, 0.29) is 35.4 Å². The Bertz CT molecular complexity index is 730. The topological polar surface area (TPSA) is 92.8 Å². The van der Waals surface area contributed by atoms with Gasteiger partial charge in [0.1, 0.15) is 6.54 Å². The van der Waals surface area contributed by atoms with Crippen LogP contribution in [-0.2, 0) is 19.4 Å². The summed E-state index contributed by atoms with van der Waals surface area (Å²) in [5, 5.41) is 2.79. The second-order valence-electron chi connectivity index (χ2n) is 5.57. The molecule has 0 spiro atoms. The van der Waals surface area contributed by atoms with Crippen LogP contribution in [0.5, 0.6) is 5.75 Å². The van der Waals surface area contributed by atoms with Crippen LogP contribution < -0.4 is 15.0 Å². The Morgan fingerprint density at radius 1 is 1.33 bits per heavy atom. The molecule has 132 valence electrons. The Hall–Kier alpha value is -2.09. The highest BCUT2D eigenvalue weighted by Crippen LogP contribution is 2.34. The molecular weight excluding hydrogens is 332 g/mol. The fourth-order valence-corrected chi connectivity index (χ4v) is 3.26. The minimum absolute atomic E-state index is 0.0195. The van der Waals surface area contributed by atoms with Crippen LogP contribution in [0.25, 0.3) is 0 Å². The van der Waals surface area contributed by atoms with E-state index >= 15 is 0 Å². The molecular formula is C16H22N2O5S. The Kier molecular flexibility index (Phi) is 5.82. The molecule has 1 aliphatic heterocycles. The number of sulfone groups is 1. The van der Waals surface area contributed by atoms with Gasteiger partial charge in [0.25, 0.3) is 0 Å². The molecule has 0 fully saturated rings. The number of amides is 1. The van der Waals surface area contributed by atoms with Gasteiger partial charge in [0.15, 0.2) is 15.6 Å². The van der Waals surface area contributed by atoms with Crippen LogP contribution in [0, 0.1) is 0 Å². The largest absolute Gasteiger partial charge is 0.423 e. The van der Waals surface area contributed by atoms with E-state index in [1.807, 2.05) is 6.92 Å². The molecule has 0 radical (unpaired) electrons. The third-order valence-electron chi connectivity index (χ3n) is 3.74. The van der Waals surface area contributed by atoms with Gasteiger partial charge >= 0.3 is 5.97 Å². The van der Waals surface area contributed by atoms with Crippen LogP contribution in [0.3, 0.4) is 0 Å². The minimum Gasteiger partial charge on any atom is -0.423 e. The summed E-state index contributed by atoms with van der Waals surface area (Å²) in [7, 11) is -3.39. The number of unbranched alkanes of at least 4 members (excludes halogenated alkanes) is 1. The van der Waals surface area contributed by atoms with E-state index < -0.39 is 15.8 Å². The number of fused-ring (bicyclic) bond motifs is 1. The molecule has 0 atom stereocenters. The molecule has 0 saturated carbocycles. The molecule has 0 aliphatic carbocycles. The van der Waals surface area contributed by atoms with Crippen LogP contribution >= 0.6 is 0 Å². The van der Waals surface area contributed by atoms with Gasteiger partial charge in [-0.1, -0.05) is 20.3 Å². The maximum absolute atomic E-state index is 12.0. The lowest BCUT2D eigenvalue weighted by Gasteiger charge is -2.29. The third kappa shape index (κ3) is 4.25. The average Bonchev–Trinajstić information content (AvgIpc) is 2.54. The van der Waals surface area contributed by atoms with Crippen LogP contribution in [-0.4, -0.2) is 45.7 Å². The first-order chi connectivity index (χ1) is 11.4. The number of carbonyl (C=O) groups is 2. The van der Waals surface area contributed by atoms with E-state index in [0.29, 0.717) is 12.2 Å². The Morgan fingerprint density at radius 3 is 2.75 bits per heavy atom. The van der Waals surface area contributed by atoms with Gasteiger partial charge in [0.05, 0.1) is 22.9 Å². The molecule has 1 amide bonds. The molecule has 1 aromatic carbocycles. The predicted molar refractivity (Wildman–Crippen MR) is 89.9 cm³/mol. The van der Waals surface area contributed by atoms with E-state index in [2.05, 4.69) is 5.32 Å². The molecule has 0 unspecified atom stereocenters. The van der Waals surface area contributed by atoms with Crippen molar-refractivity contribution >= 4 is 27.4 Å². The molecule has 1 aliphatic rings. The fourth-order valence-electron chi connectivity index (χ4n) is 2.37. The summed E-state index contributed by atoms with van der Waals surface area (Å²) in [6.45, 7) is 4.15. The van der Waals surface area contributed by atoms with Crippen molar-refractivity contribution in [2.24, 2.45) is 0 Å². The highest BCUT2D eigenvalue weighted by molar-refractivity contribution is 7.91. The number of nitrogens with one attached hydrogen (secondary N) is 1. The van der Waals surface area contributed by atoms with Crippen molar-refractivity contribution in [2.75, 3.05) is 30.3 Å². The maximum Gasteiger partial charge on any atom is 0.331 e. The summed E-state index contributed by atoms with van der Waals surface area (Å²) >= 11 is 0. The Morgan fingerprint density at radius 2 is 2.08 bits per heavy atom. The molecule has 0 aromatic heterocycles. The van der Waals surface area contributed by atoms with Crippen LogP contribution in [0.15, 0.2) is 23.1 Å². The highest BCUT2D eigenvalue weighted by Gasteiger charge is 2.27. The van der Waals surface area contributed by atoms with E-state index in [1.54, 1.807) is 17.9 Å². The molecule has 7 nitrogen and oxygen atoms in total. The average molecular weight is 354 g/mol. The first kappa shape index (κ1) is 18.3. The summed E-state index contributed by atoms with van der Waals surface area (Å²) in [6.07, 6.45) is 1.87. The number of rotatable bonds is 7. The molecule has 0 saturated heterocycles. The van der Waals surface area contributed by atoms with Crippen LogP contribution in [0.2, 0.25) is 0 Å². The molecule has 0 bridgehead atoms. The summed E-state index contributed by atoms with van der Waals surface area (Å²) in [6, 6.07) is 4.38. The van der Waals surface area contributed by atoms with Gasteiger partial charge in [-0.2, -0.15) is 0 Å². The lowest BCUT2D eigenvalue weighted by molar-refractivity contribution is -0.133. The second-order valence-corrected chi connectivity index (χ2v) is 7.84. The van der Waals surface area contributed by atoms with Gasteiger partial charge in [-0.3, -0.25) is 4.79 Å². The van der Waals surface area contributed by atoms with Gasteiger partial charge < -0.3 is 15.0 Å². The number of anilines is 1. The van der Waals surface area contributed by atoms with Crippen molar-refractivity contribution in [1.82, 2.24) is 5.32 Å². The van der Waals surface area contributed by atoms with E-state index in [1.165, 1.54) is 12.1 Å². The lowest BCUT2D eigenvalue weighted by Crippen LogP contribution is -2.43. The molecule has 1 aromatic rings. The lowest BCUT2D eigenvalue weighted by atomic mass is 10.2. The first-order valence-corrected chi connectivity index (χ1v) is 9.61. The Labute approximate surface area is 141 Å². The zero-order chi connectivity index (χ0) is 17.7. The Balaban J connectivity index is 2.20. The number of hydrogen-bond donors (Lipinski definition) is 1. The maximum atomic E-state index is 12.0.